The minimum Gasteiger partial charge on any atom is -0.496 e. The molecule has 2 aromatic carbocycles. The number of nitrogens with zero attached hydrogens (tertiary/aromatic N) is 2. The number of nitriles is 1. The Bertz CT molecular complexity index is 900. The molecule has 3 atom stereocenters. The Kier molecular flexibility index (Phi) is 4.59. The Morgan fingerprint density at radius 1 is 1.19 bits per heavy atom. The number of carbonyl (C=O) groups excluding carboxylic acids is 1. The fraction of sp³-hybridized carbons (Fsp3) is 0.364. The van der Waals surface area contributed by atoms with Crippen molar-refractivity contribution in [2.24, 2.45) is 5.92 Å². The van der Waals surface area contributed by atoms with E-state index in [4.69, 9.17) is 4.74 Å². The first-order valence-corrected chi connectivity index (χ1v) is 9.26. The predicted molar refractivity (Wildman–Crippen MR) is 101 cm³/mol. The topological polar surface area (TPSA) is 73.6 Å². The summed E-state index contributed by atoms with van der Waals surface area (Å²) < 4.78 is 5.51. The first kappa shape index (κ1) is 17.6. The molecule has 5 nitrogen and oxygen atoms in total. The Hall–Kier alpha value is -2.84. The van der Waals surface area contributed by atoms with Crippen LogP contribution in [0, 0.1) is 17.2 Å². The van der Waals surface area contributed by atoms with Crippen molar-refractivity contribution < 1.29 is 14.6 Å². The molecule has 1 saturated heterocycles. The van der Waals surface area contributed by atoms with E-state index in [2.05, 4.69) is 6.07 Å². The SMILES string of the molecule is COc1ccccc1-c1ccccc1[C@H]1[C@@H](C#N)N(C(=O)C2CC2)[C@@H]1CO. The van der Waals surface area contributed by atoms with E-state index < -0.39 is 6.04 Å². The van der Waals surface area contributed by atoms with Crippen molar-refractivity contribution in [2.45, 2.75) is 30.8 Å². The normalized spacial score (nSPS) is 24.0. The summed E-state index contributed by atoms with van der Waals surface area (Å²) in [5.74, 6) is 0.569. The molecule has 2 aliphatic rings. The molecule has 2 fully saturated rings. The van der Waals surface area contributed by atoms with E-state index in [0.29, 0.717) is 0 Å². The molecule has 0 aromatic heterocycles. The van der Waals surface area contributed by atoms with Crippen molar-refractivity contribution in [1.29, 1.82) is 5.26 Å². The molecule has 1 amide bonds. The fourth-order valence-electron chi connectivity index (χ4n) is 4.12. The summed E-state index contributed by atoms with van der Waals surface area (Å²) in [6, 6.07) is 17.0. The number of rotatable bonds is 5. The van der Waals surface area contributed by atoms with Crippen molar-refractivity contribution in [2.75, 3.05) is 13.7 Å². The van der Waals surface area contributed by atoms with E-state index >= 15 is 0 Å². The van der Waals surface area contributed by atoms with Crippen LogP contribution in [-0.4, -0.2) is 41.7 Å². The average Bonchev–Trinajstić information content (AvgIpc) is 3.53. The van der Waals surface area contributed by atoms with Gasteiger partial charge in [0.1, 0.15) is 11.8 Å². The molecule has 0 bridgehead atoms. The van der Waals surface area contributed by atoms with E-state index in [1.165, 1.54) is 0 Å². The first-order valence-electron chi connectivity index (χ1n) is 9.26. The molecule has 0 spiro atoms. The zero-order valence-electron chi connectivity index (χ0n) is 15.2. The molecule has 0 unspecified atom stereocenters. The van der Waals surface area contributed by atoms with Gasteiger partial charge >= 0.3 is 0 Å². The highest BCUT2D eigenvalue weighted by atomic mass is 16.5. The average molecular weight is 362 g/mol. The molecule has 1 heterocycles. The van der Waals surface area contributed by atoms with Gasteiger partial charge in [-0.05, 0) is 30.0 Å². The molecule has 1 aliphatic carbocycles. The molecule has 5 heteroatoms. The van der Waals surface area contributed by atoms with Crippen LogP contribution in [-0.2, 0) is 4.79 Å². The summed E-state index contributed by atoms with van der Waals surface area (Å²) >= 11 is 0. The number of amides is 1. The standard InChI is InChI=1S/C22H22N2O3/c1-27-20-9-5-4-7-16(20)15-6-2-3-8-17(15)21-18(12-23)24(19(21)13-25)22(26)14-10-11-14/h2-9,14,18-19,21,25H,10-11,13H2,1H3/t18-,19-,21+/m1/s1. The van der Waals surface area contributed by atoms with Gasteiger partial charge in [-0.2, -0.15) is 5.26 Å². The number of hydrogen-bond acceptors (Lipinski definition) is 4. The molecular weight excluding hydrogens is 340 g/mol. The van der Waals surface area contributed by atoms with Crippen molar-refractivity contribution in [3.63, 3.8) is 0 Å². The summed E-state index contributed by atoms with van der Waals surface area (Å²) in [7, 11) is 1.63. The first-order chi connectivity index (χ1) is 13.2. The van der Waals surface area contributed by atoms with Crippen molar-refractivity contribution in [3.05, 3.63) is 54.1 Å². The van der Waals surface area contributed by atoms with Crippen molar-refractivity contribution in [3.8, 4) is 22.9 Å². The van der Waals surface area contributed by atoms with Crippen molar-refractivity contribution >= 4 is 5.91 Å². The Labute approximate surface area is 158 Å². The van der Waals surface area contributed by atoms with Gasteiger partial charge in [-0.1, -0.05) is 42.5 Å². The van der Waals surface area contributed by atoms with Crippen LogP contribution in [0.2, 0.25) is 0 Å². The summed E-state index contributed by atoms with van der Waals surface area (Å²) in [6.45, 7) is -0.151. The summed E-state index contributed by atoms with van der Waals surface area (Å²) in [4.78, 5) is 14.2. The summed E-state index contributed by atoms with van der Waals surface area (Å²) in [5.41, 5.74) is 2.88. The fourth-order valence-corrected chi connectivity index (χ4v) is 4.12. The number of aliphatic hydroxyl groups excluding tert-OH is 1. The van der Waals surface area contributed by atoms with Crippen LogP contribution in [0.3, 0.4) is 0 Å². The molecule has 1 N–H and O–H groups in total. The second-order valence-electron chi connectivity index (χ2n) is 7.16. The Balaban J connectivity index is 1.75. The maximum Gasteiger partial charge on any atom is 0.227 e. The molecule has 27 heavy (non-hydrogen) atoms. The smallest absolute Gasteiger partial charge is 0.227 e. The number of likely N-dealkylation sites (tertiary alicyclic amines) is 1. The lowest BCUT2D eigenvalue weighted by molar-refractivity contribution is -0.148. The lowest BCUT2D eigenvalue weighted by Crippen LogP contribution is -2.65. The van der Waals surface area contributed by atoms with Crippen LogP contribution in [0.1, 0.15) is 24.3 Å². The third kappa shape index (κ3) is 2.87. The Morgan fingerprint density at radius 2 is 1.85 bits per heavy atom. The number of ether oxygens (including phenoxy) is 1. The number of hydrogen-bond donors (Lipinski definition) is 1. The van der Waals surface area contributed by atoms with Crippen LogP contribution in [0.4, 0.5) is 0 Å². The molecule has 0 radical (unpaired) electrons. The number of benzene rings is 2. The minimum atomic E-state index is -0.550. The number of methoxy groups -OCH3 is 1. The lowest BCUT2D eigenvalue weighted by atomic mass is 9.73. The second kappa shape index (κ2) is 7.05. The van der Waals surface area contributed by atoms with Crippen molar-refractivity contribution in [1.82, 2.24) is 4.90 Å². The maximum atomic E-state index is 12.6. The largest absolute Gasteiger partial charge is 0.496 e. The number of carbonyl (C=O) groups is 1. The highest BCUT2D eigenvalue weighted by Crippen LogP contribution is 2.47. The second-order valence-corrected chi connectivity index (χ2v) is 7.16. The molecule has 4 rings (SSSR count). The van der Waals surface area contributed by atoms with Crippen LogP contribution in [0.15, 0.2) is 48.5 Å². The van der Waals surface area contributed by atoms with E-state index in [1.807, 2.05) is 48.5 Å². The minimum absolute atomic E-state index is 0.00613. The van der Waals surface area contributed by atoms with Gasteiger partial charge in [0.05, 0.1) is 25.8 Å². The summed E-state index contributed by atoms with van der Waals surface area (Å²) in [6.07, 6.45) is 1.77. The third-order valence-corrected chi connectivity index (χ3v) is 5.63. The molecule has 1 saturated carbocycles. The van der Waals surface area contributed by atoms with Crippen LogP contribution in [0.5, 0.6) is 5.75 Å². The van der Waals surface area contributed by atoms with Gasteiger partial charge in [-0.3, -0.25) is 4.79 Å². The third-order valence-electron chi connectivity index (χ3n) is 5.63. The van der Waals surface area contributed by atoms with E-state index in [9.17, 15) is 15.2 Å². The van der Waals surface area contributed by atoms with Crippen LogP contribution >= 0.6 is 0 Å². The Morgan fingerprint density at radius 3 is 2.48 bits per heavy atom. The molecule has 138 valence electrons. The van der Waals surface area contributed by atoms with E-state index in [-0.39, 0.29) is 30.4 Å². The number of para-hydroxylation sites is 1. The van der Waals surface area contributed by atoms with Gasteiger partial charge in [0.25, 0.3) is 0 Å². The van der Waals surface area contributed by atoms with E-state index in [0.717, 1.165) is 35.3 Å². The van der Waals surface area contributed by atoms with Crippen LogP contribution < -0.4 is 4.74 Å². The van der Waals surface area contributed by atoms with Gasteiger partial charge in [0.15, 0.2) is 0 Å². The highest BCUT2D eigenvalue weighted by molar-refractivity contribution is 5.84. The van der Waals surface area contributed by atoms with E-state index in [1.54, 1.807) is 12.0 Å². The molecule has 1 aliphatic heterocycles. The molecular formula is C22H22N2O3. The predicted octanol–water partition coefficient (Wildman–Crippen LogP) is 2.95. The maximum absolute atomic E-state index is 12.6. The zero-order chi connectivity index (χ0) is 19.0. The molecule has 2 aromatic rings. The number of aliphatic hydroxyl groups is 1. The summed E-state index contributed by atoms with van der Waals surface area (Å²) in [5, 5.41) is 19.8. The van der Waals surface area contributed by atoms with Gasteiger partial charge in [0, 0.05) is 17.4 Å². The monoisotopic (exact) mass is 362 g/mol. The van der Waals surface area contributed by atoms with Gasteiger partial charge in [0.2, 0.25) is 5.91 Å². The highest BCUT2D eigenvalue weighted by Gasteiger charge is 2.54. The van der Waals surface area contributed by atoms with Crippen LogP contribution in [0.25, 0.3) is 11.1 Å². The lowest BCUT2D eigenvalue weighted by Gasteiger charge is -2.52. The van der Waals surface area contributed by atoms with Gasteiger partial charge in [-0.25, -0.2) is 0 Å². The van der Waals surface area contributed by atoms with Gasteiger partial charge in [-0.15, -0.1) is 0 Å². The van der Waals surface area contributed by atoms with Gasteiger partial charge < -0.3 is 14.7 Å². The quantitative estimate of drug-likeness (QED) is 0.887. The zero-order valence-corrected chi connectivity index (χ0v) is 15.2.